The number of aliphatic hydroxyl groups is 3. The number of rotatable bonds is 8. The number of methoxy groups -OCH3 is 3. The molecule has 0 aromatic heterocycles. The summed E-state index contributed by atoms with van der Waals surface area (Å²) in [4.78, 5) is 13.5. The van der Waals surface area contributed by atoms with E-state index in [9.17, 15) is 20.1 Å². The van der Waals surface area contributed by atoms with E-state index in [1.807, 2.05) is 66.7 Å². The number of allylic oxidation sites excluding steroid dienone is 5. The topological polar surface area (TPSA) is 124 Å². The van der Waals surface area contributed by atoms with Crippen LogP contribution in [-0.4, -0.2) is 85.0 Å². The lowest BCUT2D eigenvalue weighted by Gasteiger charge is -2.50. The van der Waals surface area contributed by atoms with E-state index in [0.29, 0.717) is 6.42 Å². The van der Waals surface area contributed by atoms with Gasteiger partial charge in [-0.25, -0.2) is 4.79 Å². The highest BCUT2D eigenvalue weighted by atomic mass is 16.6. The van der Waals surface area contributed by atoms with E-state index in [-0.39, 0.29) is 48.1 Å². The lowest BCUT2D eigenvalue weighted by atomic mass is 9.76. The molecule has 0 aromatic carbocycles. The first-order valence-corrected chi connectivity index (χ1v) is 16.3. The van der Waals surface area contributed by atoms with E-state index in [4.69, 9.17) is 23.7 Å². The van der Waals surface area contributed by atoms with Crippen molar-refractivity contribution in [2.75, 3.05) is 21.3 Å². The molecule has 45 heavy (non-hydrogen) atoms. The number of carbonyl (C=O) groups is 1. The third-order valence-corrected chi connectivity index (χ3v) is 9.77. The fourth-order valence-corrected chi connectivity index (χ4v) is 6.82. The largest absolute Gasteiger partial charge is 0.490 e. The van der Waals surface area contributed by atoms with Crippen LogP contribution in [0.25, 0.3) is 0 Å². The summed E-state index contributed by atoms with van der Waals surface area (Å²) in [7, 11) is 4.53. The number of aliphatic hydroxyl groups excluding tert-OH is 2. The Morgan fingerprint density at radius 2 is 1.67 bits per heavy atom. The average molecular weight is 637 g/mol. The number of hydrogen-bond donors (Lipinski definition) is 3. The van der Waals surface area contributed by atoms with E-state index in [2.05, 4.69) is 0 Å². The molecule has 12 atom stereocenters. The van der Waals surface area contributed by atoms with Crippen LogP contribution < -0.4 is 0 Å². The molecule has 0 amide bonds. The molecule has 0 saturated carbocycles. The molecule has 2 aliphatic rings. The van der Waals surface area contributed by atoms with E-state index >= 15 is 0 Å². The molecule has 2 aliphatic heterocycles. The fourth-order valence-electron chi connectivity index (χ4n) is 6.82. The molecule has 0 aliphatic carbocycles. The maximum Gasteiger partial charge on any atom is 0.373 e. The zero-order valence-electron chi connectivity index (χ0n) is 29.5. The molecule has 0 bridgehead atoms. The van der Waals surface area contributed by atoms with Crippen molar-refractivity contribution in [3.05, 3.63) is 47.3 Å². The highest BCUT2D eigenvalue weighted by Crippen LogP contribution is 2.42. The number of carbonyl (C=O) groups excluding carboxylic acids is 1. The minimum absolute atomic E-state index is 0.00358. The molecule has 2 heterocycles. The smallest absolute Gasteiger partial charge is 0.373 e. The Labute approximate surface area is 271 Å². The van der Waals surface area contributed by atoms with Crippen LogP contribution in [0.2, 0.25) is 0 Å². The van der Waals surface area contributed by atoms with Gasteiger partial charge in [0.2, 0.25) is 5.76 Å². The Morgan fingerprint density at radius 1 is 1.02 bits per heavy atom. The van der Waals surface area contributed by atoms with Crippen LogP contribution in [0.15, 0.2) is 47.3 Å². The molecule has 9 heteroatoms. The molecule has 0 unspecified atom stereocenters. The van der Waals surface area contributed by atoms with E-state index in [1.54, 1.807) is 33.1 Å². The zero-order valence-corrected chi connectivity index (χ0v) is 29.5. The van der Waals surface area contributed by atoms with Crippen LogP contribution in [0.4, 0.5) is 0 Å². The highest BCUT2D eigenvalue weighted by Gasteiger charge is 2.52. The predicted molar refractivity (Wildman–Crippen MR) is 175 cm³/mol. The number of cyclic esters (lactones) is 1. The van der Waals surface area contributed by atoms with Gasteiger partial charge in [0.15, 0.2) is 5.79 Å². The number of ether oxygens (including phenoxy) is 5. The van der Waals surface area contributed by atoms with Crippen molar-refractivity contribution in [1.29, 1.82) is 0 Å². The summed E-state index contributed by atoms with van der Waals surface area (Å²) >= 11 is 0. The minimum Gasteiger partial charge on any atom is -0.490 e. The van der Waals surface area contributed by atoms with Crippen LogP contribution >= 0.6 is 0 Å². The summed E-state index contributed by atoms with van der Waals surface area (Å²) in [6.45, 7) is 17.4. The normalized spacial score (nSPS) is 40.5. The average Bonchev–Trinajstić information content (AvgIpc) is 2.99. The maximum atomic E-state index is 13.5. The first-order chi connectivity index (χ1) is 21.0. The number of hydrogen-bond acceptors (Lipinski definition) is 9. The molecule has 0 spiro atoms. The summed E-state index contributed by atoms with van der Waals surface area (Å²) in [6.07, 6.45) is 6.00. The van der Waals surface area contributed by atoms with Gasteiger partial charge in [0.1, 0.15) is 12.2 Å². The van der Waals surface area contributed by atoms with Crippen LogP contribution in [0.1, 0.15) is 75.2 Å². The van der Waals surface area contributed by atoms with Gasteiger partial charge in [0.05, 0.1) is 31.5 Å². The molecule has 1 saturated heterocycles. The second kappa shape index (κ2) is 17.2. The van der Waals surface area contributed by atoms with Gasteiger partial charge < -0.3 is 39.0 Å². The molecular weight excluding hydrogens is 576 g/mol. The van der Waals surface area contributed by atoms with Crippen molar-refractivity contribution in [1.82, 2.24) is 0 Å². The minimum atomic E-state index is -1.67. The van der Waals surface area contributed by atoms with Crippen molar-refractivity contribution < 1.29 is 43.8 Å². The third-order valence-electron chi connectivity index (χ3n) is 9.77. The van der Waals surface area contributed by atoms with Crippen LogP contribution in [0.5, 0.6) is 0 Å². The summed E-state index contributed by atoms with van der Waals surface area (Å²) in [6, 6.07) is 0. The Morgan fingerprint density at radius 3 is 2.22 bits per heavy atom. The highest BCUT2D eigenvalue weighted by molar-refractivity contribution is 5.87. The first kappa shape index (κ1) is 39.2. The molecule has 9 nitrogen and oxygen atoms in total. The Balaban J connectivity index is 2.53. The quantitative estimate of drug-likeness (QED) is 0.303. The second-order valence-electron chi connectivity index (χ2n) is 13.8. The van der Waals surface area contributed by atoms with Crippen LogP contribution in [0, 0.1) is 35.5 Å². The summed E-state index contributed by atoms with van der Waals surface area (Å²) in [5.41, 5.74) is 1.81. The molecule has 0 aromatic rings. The van der Waals surface area contributed by atoms with Gasteiger partial charge in [-0.2, -0.15) is 0 Å². The lowest BCUT2D eigenvalue weighted by molar-refractivity contribution is -0.330. The second-order valence-corrected chi connectivity index (χ2v) is 13.8. The maximum absolute atomic E-state index is 13.5. The zero-order chi connectivity index (χ0) is 34.2. The Bertz CT molecular complexity index is 1080. The fraction of sp³-hybridized carbons (Fsp3) is 0.750. The number of esters is 1. The van der Waals surface area contributed by atoms with E-state index in [1.165, 1.54) is 14.2 Å². The van der Waals surface area contributed by atoms with Crippen molar-refractivity contribution in [3.8, 4) is 0 Å². The molecule has 0 radical (unpaired) electrons. The molecule has 258 valence electrons. The third kappa shape index (κ3) is 9.99. The van der Waals surface area contributed by atoms with Gasteiger partial charge in [-0.1, -0.05) is 83.9 Å². The van der Waals surface area contributed by atoms with Gasteiger partial charge in [0.25, 0.3) is 0 Å². The molecular formula is C36H60O9. The van der Waals surface area contributed by atoms with E-state index in [0.717, 1.165) is 11.1 Å². The molecule has 1 fully saturated rings. The predicted octanol–water partition coefficient (Wildman–Crippen LogP) is 5.35. The summed E-state index contributed by atoms with van der Waals surface area (Å²) in [5, 5.41) is 34.6. The SMILES string of the molecule is CO/C1=C/C(C)=C\[C@@H](C)[C@@H](O)[C@@H](C)C/C(C)=C\C=C/[C@H](OC)[C@@H]([C@@H](C)[C@@H](O)[C@H](C)[C@@]2(O)C[C@@H](OC)[C@H](C)[C@@H](C(C)C)O2)OC1=O. The summed E-state index contributed by atoms with van der Waals surface area (Å²) in [5.74, 6) is -3.87. The van der Waals surface area contributed by atoms with E-state index < -0.39 is 48.0 Å². The van der Waals surface area contributed by atoms with Crippen LogP contribution in [0.3, 0.4) is 0 Å². The van der Waals surface area contributed by atoms with Crippen molar-refractivity contribution in [2.24, 2.45) is 35.5 Å². The van der Waals surface area contributed by atoms with Crippen molar-refractivity contribution in [3.63, 3.8) is 0 Å². The lowest BCUT2D eigenvalue weighted by Crippen LogP contribution is -2.59. The molecule has 3 N–H and O–H groups in total. The van der Waals surface area contributed by atoms with Gasteiger partial charge in [-0.05, 0) is 38.2 Å². The van der Waals surface area contributed by atoms with Gasteiger partial charge in [-0.3, -0.25) is 0 Å². The summed E-state index contributed by atoms with van der Waals surface area (Å²) < 4.78 is 29.4. The van der Waals surface area contributed by atoms with Crippen molar-refractivity contribution in [2.45, 2.75) is 118 Å². The standard InChI is InChI=1S/C36H60O9/c1-20(2)33-25(7)30(43-12)19-36(40,45-33)27(9)32(38)26(8)34-28(41-10)15-13-14-21(3)16-23(5)31(37)24(6)17-22(4)18-29(42-11)35(39)44-34/h13-15,17-18,20,23-28,30-34,37-38,40H,16,19H2,1-12H3/b15-13-,21-14-,22-17-,29-18+/t23-,24+,25-,26-,27-,28-,30+,31-,32+,33+,34+,36+/m0/s1. The Hall–Kier alpha value is -2.01. The Kier molecular flexibility index (Phi) is 15.0. The van der Waals surface area contributed by atoms with Crippen LogP contribution in [-0.2, 0) is 28.5 Å². The monoisotopic (exact) mass is 636 g/mol. The first-order valence-electron chi connectivity index (χ1n) is 16.3. The molecule has 2 rings (SSSR count). The van der Waals surface area contributed by atoms with Crippen molar-refractivity contribution >= 4 is 5.97 Å². The van der Waals surface area contributed by atoms with Gasteiger partial charge in [0, 0.05) is 44.3 Å². The van der Waals surface area contributed by atoms with Gasteiger partial charge in [-0.15, -0.1) is 0 Å². The van der Waals surface area contributed by atoms with Gasteiger partial charge >= 0.3 is 5.97 Å².